The van der Waals surface area contributed by atoms with Gasteiger partial charge >= 0.3 is 5.97 Å². The Balaban J connectivity index is 1.19. The summed E-state index contributed by atoms with van der Waals surface area (Å²) >= 11 is 0. The van der Waals surface area contributed by atoms with Crippen LogP contribution in [0.15, 0.2) is 48.8 Å². The summed E-state index contributed by atoms with van der Waals surface area (Å²) in [7, 11) is 0. The number of carbonyl (C=O) groups is 1. The fourth-order valence-electron chi connectivity index (χ4n) is 5.83. The van der Waals surface area contributed by atoms with E-state index in [1.165, 1.54) is 0 Å². The van der Waals surface area contributed by atoms with E-state index in [0.29, 0.717) is 29.9 Å². The van der Waals surface area contributed by atoms with Gasteiger partial charge in [-0.3, -0.25) is 4.79 Å². The molecule has 0 spiro atoms. The summed E-state index contributed by atoms with van der Waals surface area (Å²) in [6.45, 7) is 1.53. The standard InChI is InChI=1S/C27H29N7O3/c28-25-23(11-22(31-32-25)21-3-1-2-4-24(21)35)33-14-19-9-10-20(15-33)34(19)27-29-12-18(13-30-27)16-5-7-17(8-6-16)26(36)37/h1-5,11-13,17,19-20,35H,6-10,14-15H2,(H2,28,32)(H,36,37). The molecule has 4 N–H and O–H groups in total. The molecular formula is C27H29N7O3. The molecule has 3 aliphatic rings. The Morgan fingerprint density at radius 2 is 1.76 bits per heavy atom. The van der Waals surface area contributed by atoms with Crippen LogP contribution in [0.1, 0.15) is 37.7 Å². The number of nitrogens with zero attached hydrogens (tertiary/aromatic N) is 6. The topological polar surface area (TPSA) is 142 Å². The summed E-state index contributed by atoms with van der Waals surface area (Å²) in [4.78, 5) is 25.2. The van der Waals surface area contributed by atoms with Crippen LogP contribution in [0.2, 0.25) is 0 Å². The van der Waals surface area contributed by atoms with Crippen molar-refractivity contribution >= 4 is 29.0 Å². The molecule has 0 radical (unpaired) electrons. The Morgan fingerprint density at radius 1 is 1.03 bits per heavy atom. The Bertz CT molecular complexity index is 1350. The minimum absolute atomic E-state index is 0.156. The molecule has 2 aliphatic heterocycles. The highest BCUT2D eigenvalue weighted by Gasteiger charge is 2.42. The number of para-hydroxylation sites is 1. The number of aromatic nitrogens is 4. The average Bonchev–Trinajstić information content (AvgIpc) is 3.18. The van der Waals surface area contributed by atoms with Crippen molar-refractivity contribution in [3.63, 3.8) is 0 Å². The zero-order valence-electron chi connectivity index (χ0n) is 20.4. The second-order valence-electron chi connectivity index (χ2n) is 10.0. The number of nitrogen functional groups attached to an aromatic ring is 1. The monoisotopic (exact) mass is 499 g/mol. The van der Waals surface area contributed by atoms with Gasteiger partial charge in [-0.25, -0.2) is 9.97 Å². The third-order valence-corrected chi connectivity index (χ3v) is 7.80. The first kappa shape index (κ1) is 23.2. The number of fused-ring (bicyclic) bond motifs is 2. The summed E-state index contributed by atoms with van der Waals surface area (Å²) in [5.74, 6) is 0.235. The lowest BCUT2D eigenvalue weighted by Gasteiger charge is -2.42. The van der Waals surface area contributed by atoms with E-state index in [1.54, 1.807) is 12.1 Å². The number of phenolic OH excluding ortho intramolecular Hbond substituents is 1. The van der Waals surface area contributed by atoms with Gasteiger partial charge in [-0.05, 0) is 55.9 Å². The van der Waals surface area contributed by atoms with Gasteiger partial charge in [0.2, 0.25) is 5.95 Å². The zero-order chi connectivity index (χ0) is 25.5. The van der Waals surface area contributed by atoms with Crippen LogP contribution in [-0.2, 0) is 4.79 Å². The van der Waals surface area contributed by atoms with Gasteiger partial charge in [0.05, 0.1) is 17.3 Å². The maximum absolute atomic E-state index is 11.2. The van der Waals surface area contributed by atoms with Gasteiger partial charge in [0, 0.05) is 48.7 Å². The van der Waals surface area contributed by atoms with E-state index in [1.807, 2.05) is 36.7 Å². The zero-order valence-corrected chi connectivity index (χ0v) is 20.4. The number of aliphatic carboxylic acids is 1. The average molecular weight is 500 g/mol. The minimum Gasteiger partial charge on any atom is -0.507 e. The minimum atomic E-state index is -0.727. The molecule has 37 heavy (non-hydrogen) atoms. The number of carboxylic acid groups (broad SMARTS) is 1. The molecule has 190 valence electrons. The summed E-state index contributed by atoms with van der Waals surface area (Å²) in [5.41, 5.74) is 10.4. The van der Waals surface area contributed by atoms with Crippen molar-refractivity contribution in [2.75, 3.05) is 28.6 Å². The molecule has 2 aromatic heterocycles. The molecule has 10 heteroatoms. The molecule has 0 amide bonds. The summed E-state index contributed by atoms with van der Waals surface area (Å²) in [6, 6.07) is 9.48. The molecule has 3 aromatic rings. The first-order chi connectivity index (χ1) is 18.0. The van der Waals surface area contributed by atoms with Crippen molar-refractivity contribution in [2.45, 2.75) is 44.2 Å². The lowest BCUT2D eigenvalue weighted by molar-refractivity contribution is -0.141. The number of allylic oxidation sites excluding steroid dienone is 2. The number of piperazine rings is 1. The van der Waals surface area contributed by atoms with Gasteiger partial charge in [-0.1, -0.05) is 18.2 Å². The molecule has 2 saturated heterocycles. The third-order valence-electron chi connectivity index (χ3n) is 7.80. The van der Waals surface area contributed by atoms with Crippen molar-refractivity contribution in [3.8, 4) is 17.0 Å². The van der Waals surface area contributed by atoms with Crippen LogP contribution in [0.4, 0.5) is 17.5 Å². The number of hydrogen-bond acceptors (Lipinski definition) is 9. The van der Waals surface area contributed by atoms with Crippen LogP contribution in [-0.4, -0.2) is 61.5 Å². The molecule has 2 bridgehead atoms. The molecule has 0 saturated carbocycles. The Kier molecular flexibility index (Phi) is 5.86. The van der Waals surface area contributed by atoms with Crippen LogP contribution in [0, 0.1) is 5.92 Å². The Morgan fingerprint density at radius 3 is 2.41 bits per heavy atom. The molecular weight excluding hydrogens is 470 g/mol. The Hall–Kier alpha value is -4.21. The molecule has 4 heterocycles. The van der Waals surface area contributed by atoms with E-state index < -0.39 is 5.97 Å². The van der Waals surface area contributed by atoms with Crippen LogP contribution in [0.25, 0.3) is 16.8 Å². The highest BCUT2D eigenvalue weighted by atomic mass is 16.4. The maximum Gasteiger partial charge on any atom is 0.306 e. The third kappa shape index (κ3) is 4.32. The summed E-state index contributed by atoms with van der Waals surface area (Å²) in [5, 5.41) is 27.9. The normalized spacial score (nSPS) is 23.1. The number of hydrogen-bond donors (Lipinski definition) is 3. The quantitative estimate of drug-likeness (QED) is 0.478. The van der Waals surface area contributed by atoms with Crippen molar-refractivity contribution in [2.24, 2.45) is 5.92 Å². The fourth-order valence-corrected chi connectivity index (χ4v) is 5.83. The van der Waals surface area contributed by atoms with E-state index >= 15 is 0 Å². The summed E-state index contributed by atoms with van der Waals surface area (Å²) in [6.07, 6.45) is 9.75. The highest BCUT2D eigenvalue weighted by Crippen LogP contribution is 2.38. The molecule has 1 aliphatic carbocycles. The number of benzene rings is 1. The van der Waals surface area contributed by atoms with Crippen molar-refractivity contribution in [1.29, 1.82) is 0 Å². The van der Waals surface area contributed by atoms with E-state index in [9.17, 15) is 15.0 Å². The number of rotatable bonds is 5. The fraction of sp³-hybridized carbons (Fsp3) is 0.370. The van der Waals surface area contributed by atoms with E-state index in [-0.39, 0.29) is 23.8 Å². The van der Waals surface area contributed by atoms with Gasteiger partial charge in [0.15, 0.2) is 5.82 Å². The lowest BCUT2D eigenvalue weighted by atomic mass is 9.87. The van der Waals surface area contributed by atoms with Gasteiger partial charge in [0.25, 0.3) is 0 Å². The lowest BCUT2D eigenvalue weighted by Crippen LogP contribution is -2.54. The Labute approximate surface area is 214 Å². The van der Waals surface area contributed by atoms with Crippen molar-refractivity contribution < 1.29 is 15.0 Å². The molecule has 2 fully saturated rings. The largest absolute Gasteiger partial charge is 0.507 e. The second-order valence-corrected chi connectivity index (χ2v) is 10.0. The first-order valence-corrected chi connectivity index (χ1v) is 12.7. The van der Waals surface area contributed by atoms with Crippen LogP contribution >= 0.6 is 0 Å². The van der Waals surface area contributed by atoms with Crippen molar-refractivity contribution in [3.05, 3.63) is 54.4 Å². The van der Waals surface area contributed by atoms with E-state index in [4.69, 9.17) is 15.7 Å². The molecule has 1 aromatic carbocycles. The highest BCUT2D eigenvalue weighted by molar-refractivity contribution is 5.75. The molecule has 3 atom stereocenters. The predicted molar refractivity (Wildman–Crippen MR) is 140 cm³/mol. The van der Waals surface area contributed by atoms with Crippen molar-refractivity contribution in [1.82, 2.24) is 20.2 Å². The van der Waals surface area contributed by atoms with Gasteiger partial charge in [-0.15, -0.1) is 10.2 Å². The second kappa shape index (κ2) is 9.34. The predicted octanol–water partition coefficient (Wildman–Crippen LogP) is 3.35. The molecule has 6 rings (SSSR count). The SMILES string of the molecule is Nc1nnc(-c2ccccc2O)cc1N1CC2CCC(C1)N2c1ncc(C2=CCC(C(=O)O)CC2)cn1. The molecule has 3 unspecified atom stereocenters. The number of phenols is 1. The van der Waals surface area contributed by atoms with Crippen LogP contribution in [0.5, 0.6) is 5.75 Å². The molecule has 10 nitrogen and oxygen atoms in total. The van der Waals surface area contributed by atoms with Gasteiger partial charge < -0.3 is 25.7 Å². The van der Waals surface area contributed by atoms with Gasteiger partial charge in [-0.2, -0.15) is 0 Å². The van der Waals surface area contributed by atoms with E-state index in [0.717, 1.165) is 55.1 Å². The van der Waals surface area contributed by atoms with Crippen LogP contribution in [0.3, 0.4) is 0 Å². The van der Waals surface area contributed by atoms with E-state index in [2.05, 4.69) is 20.0 Å². The van der Waals surface area contributed by atoms with Gasteiger partial charge in [0.1, 0.15) is 5.75 Å². The summed E-state index contributed by atoms with van der Waals surface area (Å²) < 4.78 is 0. The number of carboxylic acids is 1. The number of nitrogens with two attached hydrogens (primary N) is 1. The number of aromatic hydroxyl groups is 1. The first-order valence-electron chi connectivity index (χ1n) is 12.7. The number of anilines is 3. The maximum atomic E-state index is 11.2. The smallest absolute Gasteiger partial charge is 0.306 e. The van der Waals surface area contributed by atoms with Crippen LogP contribution < -0.4 is 15.5 Å².